The predicted octanol–water partition coefficient (Wildman–Crippen LogP) is 3.89. The largest absolute Gasteiger partial charge is 0.366 e. The molecule has 1 heterocycles. The molecule has 1 saturated carbocycles. The molecule has 1 aromatic rings. The number of benzene rings is 1. The van der Waals surface area contributed by atoms with Crippen LogP contribution in [0.2, 0.25) is 0 Å². The first kappa shape index (κ1) is 17.7. The minimum Gasteiger partial charge on any atom is -0.366 e. The third-order valence-corrected chi connectivity index (χ3v) is 5.64. The van der Waals surface area contributed by atoms with Gasteiger partial charge in [-0.25, -0.2) is 0 Å². The molecule has 1 N–H and O–H groups in total. The molecule has 0 spiro atoms. The van der Waals surface area contributed by atoms with Crippen LogP contribution in [-0.2, 0) is 0 Å². The van der Waals surface area contributed by atoms with E-state index in [9.17, 15) is 14.9 Å². The number of anilines is 1. The molecule has 25 heavy (non-hydrogen) atoms. The van der Waals surface area contributed by atoms with Crippen LogP contribution in [0.1, 0.15) is 62.2 Å². The van der Waals surface area contributed by atoms with Gasteiger partial charge in [0.2, 0.25) is 0 Å². The minimum absolute atomic E-state index is 0.0317. The summed E-state index contributed by atoms with van der Waals surface area (Å²) >= 11 is 0. The summed E-state index contributed by atoms with van der Waals surface area (Å²) in [7, 11) is 0. The second kappa shape index (κ2) is 7.85. The average molecular weight is 345 g/mol. The highest BCUT2D eigenvalue weighted by Crippen LogP contribution is 2.32. The van der Waals surface area contributed by atoms with Gasteiger partial charge in [0.1, 0.15) is 5.69 Å². The molecule has 2 fully saturated rings. The topological polar surface area (TPSA) is 75.5 Å². The molecular formula is C19H27N3O3. The van der Waals surface area contributed by atoms with Crippen molar-refractivity contribution in [2.75, 3.05) is 18.0 Å². The van der Waals surface area contributed by atoms with Crippen molar-refractivity contribution in [1.82, 2.24) is 5.32 Å². The third-order valence-electron chi connectivity index (χ3n) is 5.64. The molecule has 0 unspecified atom stereocenters. The normalized spacial score (nSPS) is 23.5. The minimum atomic E-state index is -0.378. The van der Waals surface area contributed by atoms with Gasteiger partial charge >= 0.3 is 0 Å². The van der Waals surface area contributed by atoms with Crippen molar-refractivity contribution in [3.63, 3.8) is 0 Å². The molecule has 0 aromatic heterocycles. The zero-order chi connectivity index (χ0) is 17.8. The van der Waals surface area contributed by atoms with Crippen LogP contribution in [0, 0.1) is 16.0 Å². The molecule has 1 saturated heterocycles. The Labute approximate surface area is 148 Å². The molecule has 0 radical (unpaired) electrons. The van der Waals surface area contributed by atoms with Crippen LogP contribution in [0.15, 0.2) is 18.2 Å². The van der Waals surface area contributed by atoms with Crippen molar-refractivity contribution in [2.24, 2.45) is 5.92 Å². The molecule has 2 aliphatic rings. The Kier molecular flexibility index (Phi) is 5.56. The number of nitro benzene ring substituents is 1. The molecule has 1 amide bonds. The molecular weight excluding hydrogens is 318 g/mol. The third kappa shape index (κ3) is 4.11. The smallest absolute Gasteiger partial charge is 0.293 e. The SMILES string of the molecule is CCC1CCC(NC(=O)c2ccc(N3CCCC3)c([N+](=O)[O-])c2)CC1. The van der Waals surface area contributed by atoms with E-state index in [1.807, 2.05) is 4.90 Å². The Hall–Kier alpha value is -2.11. The number of rotatable bonds is 5. The van der Waals surface area contributed by atoms with Gasteiger partial charge in [-0.15, -0.1) is 0 Å². The molecule has 1 aliphatic heterocycles. The lowest BCUT2D eigenvalue weighted by Crippen LogP contribution is -2.37. The first-order valence-corrected chi connectivity index (χ1v) is 9.42. The monoisotopic (exact) mass is 345 g/mol. The quantitative estimate of drug-likeness (QED) is 0.649. The first-order chi connectivity index (χ1) is 12.1. The lowest BCUT2D eigenvalue weighted by molar-refractivity contribution is -0.384. The molecule has 136 valence electrons. The highest BCUT2D eigenvalue weighted by molar-refractivity contribution is 5.96. The maximum Gasteiger partial charge on any atom is 0.293 e. The second-order valence-electron chi connectivity index (χ2n) is 7.25. The summed E-state index contributed by atoms with van der Waals surface area (Å²) in [5.74, 6) is 0.574. The van der Waals surface area contributed by atoms with Gasteiger partial charge in [0.05, 0.1) is 4.92 Å². The van der Waals surface area contributed by atoms with Gasteiger partial charge < -0.3 is 10.2 Å². The lowest BCUT2D eigenvalue weighted by Gasteiger charge is -2.28. The highest BCUT2D eigenvalue weighted by Gasteiger charge is 2.25. The van der Waals surface area contributed by atoms with E-state index in [1.54, 1.807) is 12.1 Å². The standard InChI is InChI=1S/C19H27N3O3/c1-2-14-5-8-16(9-6-14)20-19(23)15-7-10-17(18(13-15)22(24)25)21-11-3-4-12-21/h7,10,13-14,16H,2-6,8-9,11-12H2,1H3,(H,20,23). The Morgan fingerprint density at radius 2 is 1.92 bits per heavy atom. The van der Waals surface area contributed by atoms with Crippen molar-refractivity contribution in [3.8, 4) is 0 Å². The van der Waals surface area contributed by atoms with Crippen LogP contribution >= 0.6 is 0 Å². The second-order valence-corrected chi connectivity index (χ2v) is 7.25. The van der Waals surface area contributed by atoms with E-state index in [0.717, 1.165) is 57.5 Å². The fourth-order valence-corrected chi connectivity index (χ4v) is 4.02. The summed E-state index contributed by atoms with van der Waals surface area (Å²) in [4.78, 5) is 25.6. The van der Waals surface area contributed by atoms with Gasteiger partial charge in [-0.2, -0.15) is 0 Å². The number of hydrogen-bond donors (Lipinski definition) is 1. The van der Waals surface area contributed by atoms with Crippen LogP contribution in [0.5, 0.6) is 0 Å². The van der Waals surface area contributed by atoms with Crippen LogP contribution in [0.25, 0.3) is 0 Å². The maximum absolute atomic E-state index is 12.5. The number of amides is 1. The van der Waals surface area contributed by atoms with E-state index in [4.69, 9.17) is 0 Å². The molecule has 6 heteroatoms. The van der Waals surface area contributed by atoms with E-state index < -0.39 is 0 Å². The number of nitrogens with one attached hydrogen (secondary N) is 1. The van der Waals surface area contributed by atoms with E-state index >= 15 is 0 Å². The van der Waals surface area contributed by atoms with Gasteiger partial charge in [-0.3, -0.25) is 14.9 Å². The van der Waals surface area contributed by atoms with Crippen molar-refractivity contribution in [3.05, 3.63) is 33.9 Å². The maximum atomic E-state index is 12.5. The summed E-state index contributed by atoms with van der Waals surface area (Å²) in [5.41, 5.74) is 1.04. The van der Waals surface area contributed by atoms with E-state index in [2.05, 4.69) is 12.2 Å². The average Bonchev–Trinajstić information content (AvgIpc) is 3.16. The van der Waals surface area contributed by atoms with Gasteiger partial charge in [-0.05, 0) is 56.6 Å². The number of nitro groups is 1. The molecule has 0 atom stereocenters. The highest BCUT2D eigenvalue weighted by atomic mass is 16.6. The van der Waals surface area contributed by atoms with Gasteiger partial charge in [0, 0.05) is 30.8 Å². The number of carbonyl (C=O) groups is 1. The summed E-state index contributed by atoms with van der Waals surface area (Å²) in [6.45, 7) is 3.89. The molecule has 6 nitrogen and oxygen atoms in total. The lowest BCUT2D eigenvalue weighted by atomic mass is 9.84. The molecule has 1 aromatic carbocycles. The van der Waals surface area contributed by atoms with Crippen LogP contribution in [-0.4, -0.2) is 30.0 Å². The van der Waals surface area contributed by atoms with Gasteiger partial charge in [-0.1, -0.05) is 13.3 Å². The Balaban J connectivity index is 1.70. The molecule has 3 rings (SSSR count). The van der Waals surface area contributed by atoms with Crippen LogP contribution in [0.4, 0.5) is 11.4 Å². The molecule has 0 bridgehead atoms. The van der Waals surface area contributed by atoms with Crippen molar-refractivity contribution in [1.29, 1.82) is 0 Å². The number of nitrogens with zero attached hydrogens (tertiary/aromatic N) is 2. The zero-order valence-electron chi connectivity index (χ0n) is 14.9. The van der Waals surface area contributed by atoms with Crippen molar-refractivity contribution >= 4 is 17.3 Å². The molecule has 1 aliphatic carbocycles. The fraction of sp³-hybridized carbons (Fsp3) is 0.632. The van der Waals surface area contributed by atoms with E-state index in [1.165, 1.54) is 12.5 Å². The predicted molar refractivity (Wildman–Crippen MR) is 98.0 cm³/mol. The van der Waals surface area contributed by atoms with Crippen LogP contribution in [0.3, 0.4) is 0 Å². The Bertz CT molecular complexity index is 633. The number of hydrogen-bond acceptors (Lipinski definition) is 4. The van der Waals surface area contributed by atoms with E-state index in [0.29, 0.717) is 11.3 Å². The summed E-state index contributed by atoms with van der Waals surface area (Å²) < 4.78 is 0. The summed E-state index contributed by atoms with van der Waals surface area (Å²) in [6.07, 6.45) is 7.60. The van der Waals surface area contributed by atoms with Crippen molar-refractivity contribution in [2.45, 2.75) is 57.9 Å². The van der Waals surface area contributed by atoms with Gasteiger partial charge in [0.25, 0.3) is 11.6 Å². The fourth-order valence-electron chi connectivity index (χ4n) is 4.02. The summed E-state index contributed by atoms with van der Waals surface area (Å²) in [6, 6.07) is 5.06. The first-order valence-electron chi connectivity index (χ1n) is 9.42. The van der Waals surface area contributed by atoms with Gasteiger partial charge in [0.15, 0.2) is 0 Å². The van der Waals surface area contributed by atoms with E-state index in [-0.39, 0.29) is 22.6 Å². The number of carbonyl (C=O) groups excluding carboxylic acids is 1. The summed E-state index contributed by atoms with van der Waals surface area (Å²) in [5, 5.41) is 14.5. The van der Waals surface area contributed by atoms with Crippen LogP contribution < -0.4 is 10.2 Å². The Morgan fingerprint density at radius 1 is 1.24 bits per heavy atom. The van der Waals surface area contributed by atoms with Crippen molar-refractivity contribution < 1.29 is 9.72 Å². The zero-order valence-corrected chi connectivity index (χ0v) is 14.9. The Morgan fingerprint density at radius 3 is 2.52 bits per heavy atom.